The molecule has 1 aliphatic rings. The first-order chi connectivity index (χ1) is 8.19. The summed E-state index contributed by atoms with van der Waals surface area (Å²) in [5, 5.41) is 9.65. The fourth-order valence-electron chi connectivity index (χ4n) is 3.01. The van der Waals surface area contributed by atoms with Crippen molar-refractivity contribution in [2.75, 3.05) is 26.2 Å². The van der Waals surface area contributed by atoms with Gasteiger partial charge in [0.15, 0.2) is 0 Å². The minimum Gasteiger partial charge on any atom is -0.396 e. The van der Waals surface area contributed by atoms with Crippen LogP contribution in [0.1, 0.15) is 59.3 Å². The lowest BCUT2D eigenvalue weighted by atomic mass is 9.82. The summed E-state index contributed by atoms with van der Waals surface area (Å²) in [5.41, 5.74) is 0.145. The third-order valence-corrected chi connectivity index (χ3v) is 4.91. The Morgan fingerprint density at radius 3 is 2.35 bits per heavy atom. The fraction of sp³-hybridized carbons (Fsp3) is 1.00. The predicted molar refractivity (Wildman–Crippen MR) is 74.2 cm³/mol. The lowest BCUT2D eigenvalue weighted by Crippen LogP contribution is -2.40. The van der Waals surface area contributed by atoms with Crippen LogP contribution in [-0.2, 0) is 0 Å². The lowest BCUT2D eigenvalue weighted by molar-refractivity contribution is 0.0666. The molecule has 1 heterocycles. The Hall–Kier alpha value is -0.0800. The Kier molecular flexibility index (Phi) is 6.50. The van der Waals surface area contributed by atoms with Crippen LogP contribution in [0.4, 0.5) is 0 Å². The molecule has 0 saturated carbocycles. The third kappa shape index (κ3) is 4.26. The Morgan fingerprint density at radius 1 is 1.12 bits per heavy atom. The van der Waals surface area contributed by atoms with Gasteiger partial charge in [-0.25, -0.2) is 0 Å². The molecule has 1 unspecified atom stereocenters. The van der Waals surface area contributed by atoms with Gasteiger partial charge >= 0.3 is 0 Å². The second kappa shape index (κ2) is 7.38. The number of hydrogen-bond acceptors (Lipinski definition) is 2. The van der Waals surface area contributed by atoms with Gasteiger partial charge in [0.1, 0.15) is 0 Å². The lowest BCUT2D eigenvalue weighted by Gasteiger charge is -2.35. The summed E-state index contributed by atoms with van der Waals surface area (Å²) in [5.74, 6) is 0.937. The van der Waals surface area contributed by atoms with Crippen molar-refractivity contribution in [2.45, 2.75) is 59.3 Å². The predicted octanol–water partition coefficient (Wildman–Crippen LogP) is 3.30. The van der Waals surface area contributed by atoms with Gasteiger partial charge in [-0.1, -0.05) is 27.2 Å². The zero-order valence-corrected chi connectivity index (χ0v) is 12.0. The number of hydrogen-bond donors (Lipinski definition) is 1. The zero-order chi connectivity index (χ0) is 12.7. The Labute approximate surface area is 107 Å². The zero-order valence-electron chi connectivity index (χ0n) is 12.0. The molecule has 0 aliphatic carbocycles. The van der Waals surface area contributed by atoms with E-state index < -0.39 is 0 Å². The van der Waals surface area contributed by atoms with Crippen LogP contribution in [0.5, 0.6) is 0 Å². The topological polar surface area (TPSA) is 23.5 Å². The number of aliphatic hydroxyl groups is 1. The van der Waals surface area contributed by atoms with Gasteiger partial charge < -0.3 is 10.0 Å². The number of rotatable bonds is 6. The highest BCUT2D eigenvalue weighted by Crippen LogP contribution is 2.29. The summed E-state index contributed by atoms with van der Waals surface area (Å²) in [7, 11) is 0. The van der Waals surface area contributed by atoms with E-state index >= 15 is 0 Å². The summed E-state index contributed by atoms with van der Waals surface area (Å²) in [4.78, 5) is 2.60. The molecule has 1 fully saturated rings. The van der Waals surface area contributed by atoms with Crippen LogP contribution in [0, 0.1) is 11.3 Å². The number of aliphatic hydroxyl groups excluding tert-OH is 1. The first kappa shape index (κ1) is 15.0. The van der Waals surface area contributed by atoms with E-state index in [-0.39, 0.29) is 5.41 Å². The largest absolute Gasteiger partial charge is 0.396 e. The summed E-state index contributed by atoms with van der Waals surface area (Å²) >= 11 is 0. The summed E-state index contributed by atoms with van der Waals surface area (Å²) in [6.07, 6.45) is 7.61. The highest BCUT2D eigenvalue weighted by molar-refractivity contribution is 4.81. The van der Waals surface area contributed by atoms with E-state index in [1.165, 1.54) is 38.8 Å². The second-order valence-corrected chi connectivity index (χ2v) is 5.85. The van der Waals surface area contributed by atoms with Crippen LogP contribution in [0.25, 0.3) is 0 Å². The molecule has 1 atom stereocenters. The van der Waals surface area contributed by atoms with E-state index in [9.17, 15) is 5.11 Å². The van der Waals surface area contributed by atoms with E-state index in [0.29, 0.717) is 6.61 Å². The molecule has 1 rings (SSSR count). The van der Waals surface area contributed by atoms with Gasteiger partial charge in [0, 0.05) is 18.6 Å². The molecule has 1 N–H and O–H groups in total. The van der Waals surface area contributed by atoms with Crippen LogP contribution in [0.3, 0.4) is 0 Å². The van der Waals surface area contributed by atoms with Gasteiger partial charge in [-0.2, -0.15) is 0 Å². The molecule has 0 radical (unpaired) electrons. The minimum absolute atomic E-state index is 0.145. The van der Waals surface area contributed by atoms with Gasteiger partial charge in [0.05, 0.1) is 0 Å². The molecular formula is C15H31NO. The van der Waals surface area contributed by atoms with Crippen molar-refractivity contribution >= 4 is 0 Å². The molecule has 2 heteroatoms. The second-order valence-electron chi connectivity index (χ2n) is 5.85. The van der Waals surface area contributed by atoms with E-state index in [1.807, 2.05) is 0 Å². The average Bonchev–Trinajstić information content (AvgIpc) is 2.61. The van der Waals surface area contributed by atoms with Crippen molar-refractivity contribution in [3.63, 3.8) is 0 Å². The number of nitrogens with zero attached hydrogens (tertiary/aromatic N) is 1. The molecule has 0 bridgehead atoms. The van der Waals surface area contributed by atoms with Crippen molar-refractivity contribution in [1.29, 1.82) is 0 Å². The van der Waals surface area contributed by atoms with Gasteiger partial charge in [-0.05, 0) is 51.1 Å². The Morgan fingerprint density at radius 2 is 1.82 bits per heavy atom. The van der Waals surface area contributed by atoms with Gasteiger partial charge in [0.2, 0.25) is 0 Å². The van der Waals surface area contributed by atoms with E-state index in [1.54, 1.807) is 0 Å². The molecule has 102 valence electrons. The van der Waals surface area contributed by atoms with Crippen LogP contribution in [-0.4, -0.2) is 36.2 Å². The third-order valence-electron chi connectivity index (χ3n) is 4.91. The highest BCUT2D eigenvalue weighted by atomic mass is 16.3. The van der Waals surface area contributed by atoms with Crippen molar-refractivity contribution in [3.05, 3.63) is 0 Å². The molecular weight excluding hydrogens is 210 g/mol. The minimum atomic E-state index is 0.145. The average molecular weight is 241 g/mol. The normalized spacial score (nSPS) is 23.6. The molecule has 1 aliphatic heterocycles. The van der Waals surface area contributed by atoms with Crippen molar-refractivity contribution in [2.24, 2.45) is 11.3 Å². The molecule has 0 spiro atoms. The standard InChI is InChI=1S/C15H31NO/c1-4-14-8-7-10-16(11-9-14)12-15(5-2,6-3)13-17/h14,17H,4-13H2,1-3H3. The van der Waals surface area contributed by atoms with E-state index in [0.717, 1.165) is 25.3 Å². The number of likely N-dealkylation sites (tertiary alicyclic amines) is 1. The fourth-order valence-corrected chi connectivity index (χ4v) is 3.01. The van der Waals surface area contributed by atoms with Gasteiger partial charge in [0.25, 0.3) is 0 Å². The SMILES string of the molecule is CCC1CCCN(CC(CC)(CC)CO)CC1. The highest BCUT2D eigenvalue weighted by Gasteiger charge is 2.28. The smallest absolute Gasteiger partial charge is 0.0499 e. The molecule has 0 aromatic carbocycles. The molecule has 0 aromatic heterocycles. The maximum absolute atomic E-state index is 9.65. The Balaban J connectivity index is 2.50. The van der Waals surface area contributed by atoms with Crippen LogP contribution in [0.2, 0.25) is 0 Å². The molecule has 0 amide bonds. The van der Waals surface area contributed by atoms with E-state index in [2.05, 4.69) is 25.7 Å². The van der Waals surface area contributed by atoms with Crippen LogP contribution in [0.15, 0.2) is 0 Å². The quantitative estimate of drug-likeness (QED) is 0.771. The van der Waals surface area contributed by atoms with Gasteiger partial charge in [-0.15, -0.1) is 0 Å². The monoisotopic (exact) mass is 241 g/mol. The van der Waals surface area contributed by atoms with Crippen molar-refractivity contribution in [1.82, 2.24) is 4.90 Å². The van der Waals surface area contributed by atoms with E-state index in [4.69, 9.17) is 0 Å². The molecule has 0 aromatic rings. The summed E-state index contributed by atoms with van der Waals surface area (Å²) in [6, 6.07) is 0. The first-order valence-electron chi connectivity index (χ1n) is 7.53. The molecule has 2 nitrogen and oxygen atoms in total. The summed E-state index contributed by atoms with van der Waals surface area (Å²) < 4.78 is 0. The molecule has 1 saturated heterocycles. The van der Waals surface area contributed by atoms with Gasteiger partial charge in [-0.3, -0.25) is 0 Å². The first-order valence-corrected chi connectivity index (χ1v) is 7.53. The Bertz CT molecular complexity index is 193. The van der Waals surface area contributed by atoms with Crippen LogP contribution >= 0.6 is 0 Å². The molecule has 17 heavy (non-hydrogen) atoms. The maximum Gasteiger partial charge on any atom is 0.0499 e. The van der Waals surface area contributed by atoms with Crippen LogP contribution < -0.4 is 0 Å². The maximum atomic E-state index is 9.65. The van der Waals surface area contributed by atoms with Crippen molar-refractivity contribution < 1.29 is 5.11 Å². The summed E-state index contributed by atoms with van der Waals surface area (Å²) in [6.45, 7) is 10.6. The van der Waals surface area contributed by atoms with Crippen molar-refractivity contribution in [3.8, 4) is 0 Å².